The van der Waals surface area contributed by atoms with Crippen LogP contribution in [0.15, 0.2) is 51.4 Å². The maximum Gasteiger partial charge on any atom is 0.417 e. The summed E-state index contributed by atoms with van der Waals surface area (Å²) in [7, 11) is 0. The fraction of sp³-hybridized carbons (Fsp3) is 0.304. The molecule has 1 unspecified atom stereocenters. The Morgan fingerprint density at radius 1 is 0.923 bits per heavy atom. The third-order valence-corrected chi connectivity index (χ3v) is 5.87. The maximum absolute atomic E-state index is 14.9. The summed E-state index contributed by atoms with van der Waals surface area (Å²) in [6.45, 7) is -0.846. The van der Waals surface area contributed by atoms with Crippen molar-refractivity contribution in [3.63, 3.8) is 0 Å². The van der Waals surface area contributed by atoms with E-state index in [9.17, 15) is 53.5 Å². The Balaban J connectivity index is 2.43. The molecule has 39 heavy (non-hydrogen) atoms. The van der Waals surface area contributed by atoms with Crippen molar-refractivity contribution in [3.8, 4) is 0 Å². The average molecular weight is 702 g/mol. The minimum atomic E-state index is -5.30. The molecule has 0 aliphatic heterocycles. The lowest BCUT2D eigenvalue weighted by atomic mass is 9.95. The first-order valence-electron chi connectivity index (χ1n) is 10.5. The second-order valence-corrected chi connectivity index (χ2v) is 9.85. The highest BCUT2D eigenvalue weighted by atomic mass is 79.9. The predicted molar refractivity (Wildman–Crippen MR) is 127 cm³/mol. The number of halogens is 12. The molecule has 2 aromatic carbocycles. The van der Waals surface area contributed by atoms with Gasteiger partial charge in [-0.05, 0) is 48.9 Å². The van der Waals surface area contributed by atoms with E-state index in [4.69, 9.17) is 0 Å². The lowest BCUT2D eigenvalue weighted by molar-refractivity contribution is -0.140. The molecule has 2 N–H and O–H groups in total. The summed E-state index contributed by atoms with van der Waals surface area (Å²) in [5.41, 5.74) is -4.25. The molecule has 0 heterocycles. The van der Waals surface area contributed by atoms with E-state index in [1.54, 1.807) is 5.32 Å². The van der Waals surface area contributed by atoms with Gasteiger partial charge in [0.15, 0.2) is 0 Å². The van der Waals surface area contributed by atoms with Gasteiger partial charge in [0.2, 0.25) is 5.91 Å². The molecule has 0 aliphatic rings. The number of alkyl halides is 9. The van der Waals surface area contributed by atoms with Gasteiger partial charge in [-0.2, -0.15) is 39.5 Å². The Hall–Kier alpha value is -2.62. The first kappa shape index (κ1) is 32.6. The van der Waals surface area contributed by atoms with Gasteiger partial charge < -0.3 is 10.6 Å². The maximum atomic E-state index is 14.9. The van der Waals surface area contributed by atoms with Crippen LogP contribution in [0.2, 0.25) is 0 Å². The number of rotatable bonds is 7. The van der Waals surface area contributed by atoms with E-state index >= 15 is 0 Å². The first-order valence-corrected chi connectivity index (χ1v) is 12.0. The van der Waals surface area contributed by atoms with E-state index < -0.39 is 76.9 Å². The lowest BCUT2D eigenvalue weighted by Gasteiger charge is -2.19. The minimum absolute atomic E-state index is 0.0799. The number of benzene rings is 2. The van der Waals surface area contributed by atoms with E-state index in [0.717, 1.165) is 19.1 Å². The quantitative estimate of drug-likeness (QED) is 0.291. The number of carbonyl (C=O) groups is 2. The van der Waals surface area contributed by atoms with Gasteiger partial charge in [-0.25, -0.2) is 4.39 Å². The Morgan fingerprint density at radius 3 is 1.97 bits per heavy atom. The van der Waals surface area contributed by atoms with Crippen LogP contribution in [0.1, 0.15) is 39.9 Å². The van der Waals surface area contributed by atoms with E-state index in [2.05, 4.69) is 31.9 Å². The van der Waals surface area contributed by atoms with E-state index in [1.807, 2.05) is 0 Å². The molecule has 2 rings (SSSR count). The fourth-order valence-corrected chi connectivity index (χ4v) is 4.51. The molecule has 214 valence electrons. The van der Waals surface area contributed by atoms with Gasteiger partial charge in [-0.15, -0.1) is 0 Å². The summed E-state index contributed by atoms with van der Waals surface area (Å²) in [6.07, 6.45) is -15.0. The Bertz CT molecular complexity index is 1240. The van der Waals surface area contributed by atoms with Crippen LogP contribution < -0.4 is 10.6 Å². The highest BCUT2D eigenvalue weighted by Gasteiger charge is 2.41. The molecule has 2 amide bonds. The van der Waals surface area contributed by atoms with Crippen LogP contribution in [0.3, 0.4) is 0 Å². The molecule has 0 saturated carbocycles. The van der Waals surface area contributed by atoms with Crippen molar-refractivity contribution in [2.24, 2.45) is 0 Å². The van der Waals surface area contributed by atoms with Crippen molar-refractivity contribution >= 4 is 49.5 Å². The van der Waals surface area contributed by atoms with Gasteiger partial charge in [0, 0.05) is 14.5 Å². The Kier molecular flexibility index (Phi) is 10.3. The van der Waals surface area contributed by atoms with Crippen LogP contribution in [-0.2, 0) is 11.0 Å². The van der Waals surface area contributed by atoms with Gasteiger partial charge in [-0.1, -0.05) is 37.9 Å². The molecule has 0 bridgehead atoms. The van der Waals surface area contributed by atoms with Crippen LogP contribution in [-0.4, -0.2) is 36.8 Å². The largest absolute Gasteiger partial charge is 0.417 e. The summed E-state index contributed by atoms with van der Waals surface area (Å²) >= 11 is 6.01. The van der Waals surface area contributed by atoms with Crippen molar-refractivity contribution < 1.29 is 53.5 Å². The molecule has 2 aromatic rings. The summed E-state index contributed by atoms with van der Waals surface area (Å²) in [4.78, 5) is 24.1. The molecule has 4 nitrogen and oxygen atoms in total. The Morgan fingerprint density at radius 2 is 1.49 bits per heavy atom. The van der Waals surface area contributed by atoms with Gasteiger partial charge in [0.25, 0.3) is 5.91 Å². The zero-order valence-electron chi connectivity index (χ0n) is 19.3. The lowest BCUT2D eigenvalue weighted by Crippen LogP contribution is -2.47. The average Bonchev–Trinajstić information content (AvgIpc) is 2.77. The minimum Gasteiger partial charge on any atom is -0.345 e. The number of hydrogen-bond donors (Lipinski definition) is 2. The standard InChI is InChI=1S/C23H16Br2F10N2O2/c1-10(19(38)36-9-21(27,28)29)37-20(39)15-3-2-11(6-17(15)23(33,34)35)18(26)8-16(22(30,31)32)12-4-13(24)7-14(25)5-12/h2-8,10,16H,9H2,1H3,(H,36,38)(H,37,39)/b18-8-/t10-,16?/m1/s1. The molecule has 0 radical (unpaired) electrons. The normalized spacial score (nSPS) is 14.5. The molecule has 0 fully saturated rings. The fourth-order valence-electron chi connectivity index (χ4n) is 3.18. The summed E-state index contributed by atoms with van der Waals surface area (Å²) in [5, 5.41) is 3.24. The highest BCUT2D eigenvalue weighted by Crippen LogP contribution is 2.41. The monoisotopic (exact) mass is 700 g/mol. The van der Waals surface area contributed by atoms with Crippen LogP contribution >= 0.6 is 31.9 Å². The van der Waals surface area contributed by atoms with Crippen molar-refractivity contribution in [1.29, 1.82) is 0 Å². The first-order chi connectivity index (χ1) is 17.7. The molecular formula is C23H16Br2F10N2O2. The smallest absolute Gasteiger partial charge is 0.345 e. The summed E-state index contributed by atoms with van der Waals surface area (Å²) < 4.78 is 134. The van der Waals surface area contributed by atoms with Gasteiger partial charge in [0.05, 0.1) is 11.1 Å². The van der Waals surface area contributed by atoms with E-state index in [0.29, 0.717) is 12.1 Å². The zero-order chi connectivity index (χ0) is 29.9. The van der Waals surface area contributed by atoms with Crippen molar-refractivity contribution in [3.05, 3.63) is 73.7 Å². The molecule has 0 aliphatic carbocycles. The van der Waals surface area contributed by atoms with Crippen LogP contribution in [0.25, 0.3) is 5.83 Å². The topological polar surface area (TPSA) is 58.2 Å². The number of amides is 2. The number of allylic oxidation sites excluding steroid dienone is 1. The molecule has 0 spiro atoms. The van der Waals surface area contributed by atoms with E-state index in [-0.39, 0.29) is 21.1 Å². The predicted octanol–water partition coefficient (Wildman–Crippen LogP) is 7.68. The molecule has 0 saturated heterocycles. The van der Waals surface area contributed by atoms with Gasteiger partial charge in [-0.3, -0.25) is 9.59 Å². The second-order valence-electron chi connectivity index (χ2n) is 8.02. The van der Waals surface area contributed by atoms with Gasteiger partial charge >= 0.3 is 18.5 Å². The van der Waals surface area contributed by atoms with Crippen LogP contribution in [0.5, 0.6) is 0 Å². The third kappa shape index (κ3) is 9.51. The molecule has 0 aromatic heterocycles. The second kappa shape index (κ2) is 12.3. The highest BCUT2D eigenvalue weighted by molar-refractivity contribution is 9.11. The summed E-state index contributed by atoms with van der Waals surface area (Å²) in [6, 6.07) is 3.01. The zero-order valence-corrected chi connectivity index (χ0v) is 22.4. The van der Waals surface area contributed by atoms with Crippen LogP contribution in [0.4, 0.5) is 43.9 Å². The Labute approximate surface area is 231 Å². The van der Waals surface area contributed by atoms with E-state index in [1.165, 1.54) is 11.4 Å². The number of nitrogens with one attached hydrogen (secondary N) is 2. The number of hydrogen-bond acceptors (Lipinski definition) is 2. The van der Waals surface area contributed by atoms with Gasteiger partial charge in [0.1, 0.15) is 24.3 Å². The summed E-state index contributed by atoms with van der Waals surface area (Å²) in [5.74, 6) is -7.12. The number of carbonyl (C=O) groups excluding carboxylic acids is 2. The third-order valence-electron chi connectivity index (χ3n) is 4.96. The molecule has 2 atom stereocenters. The van der Waals surface area contributed by atoms with Crippen molar-refractivity contribution in [2.45, 2.75) is 37.4 Å². The van der Waals surface area contributed by atoms with Crippen LogP contribution in [0, 0.1) is 0 Å². The molecular weight excluding hydrogens is 686 g/mol. The molecule has 16 heteroatoms. The SMILES string of the molecule is C[C@@H](NC(=O)c1ccc(/C(F)=C/C(c2cc(Br)cc(Br)c2)C(F)(F)F)cc1C(F)(F)F)C(=O)NCC(F)(F)F. The van der Waals surface area contributed by atoms with Crippen molar-refractivity contribution in [1.82, 2.24) is 10.6 Å². The van der Waals surface area contributed by atoms with Crippen molar-refractivity contribution in [2.75, 3.05) is 6.54 Å².